The van der Waals surface area contributed by atoms with Crippen LogP contribution in [0.1, 0.15) is 12.5 Å². The Balaban J connectivity index is 1.50. The topological polar surface area (TPSA) is 54.0 Å². The molecule has 0 saturated carbocycles. The van der Waals surface area contributed by atoms with Gasteiger partial charge >= 0.3 is 0 Å². The van der Waals surface area contributed by atoms with Gasteiger partial charge in [-0.3, -0.25) is 14.6 Å². The minimum atomic E-state index is -0.187. The van der Waals surface area contributed by atoms with E-state index in [9.17, 15) is 4.79 Å². The van der Waals surface area contributed by atoms with E-state index in [4.69, 9.17) is 9.47 Å². The van der Waals surface area contributed by atoms with E-state index in [1.165, 1.54) is 5.56 Å². The van der Waals surface area contributed by atoms with Gasteiger partial charge in [0.1, 0.15) is 11.5 Å². The van der Waals surface area contributed by atoms with Crippen molar-refractivity contribution in [3.8, 4) is 11.5 Å². The van der Waals surface area contributed by atoms with Gasteiger partial charge in [0, 0.05) is 32.7 Å². The second-order valence-corrected chi connectivity index (χ2v) is 7.03. The van der Waals surface area contributed by atoms with Gasteiger partial charge in [-0.05, 0) is 36.8 Å². The molecule has 3 rings (SSSR count). The molecule has 1 N–H and O–H groups in total. The van der Waals surface area contributed by atoms with Crippen molar-refractivity contribution in [2.45, 2.75) is 19.5 Å². The Morgan fingerprint density at radius 1 is 1.00 bits per heavy atom. The lowest BCUT2D eigenvalue weighted by Crippen LogP contribution is -2.52. The molecule has 1 aliphatic heterocycles. The summed E-state index contributed by atoms with van der Waals surface area (Å²) in [7, 11) is 3.29. The molecule has 0 aliphatic carbocycles. The first kappa shape index (κ1) is 20.2. The number of nitrogens with zero attached hydrogens (tertiary/aromatic N) is 2. The number of methoxy groups -OCH3 is 2. The number of para-hydroxylation sites is 2. The van der Waals surface area contributed by atoms with Crippen molar-refractivity contribution in [1.29, 1.82) is 0 Å². The summed E-state index contributed by atoms with van der Waals surface area (Å²) >= 11 is 0. The van der Waals surface area contributed by atoms with Gasteiger partial charge in [-0.1, -0.05) is 24.3 Å². The number of amides is 1. The maximum Gasteiger partial charge on any atom is 0.241 e. The molecule has 1 amide bonds. The third-order valence-corrected chi connectivity index (χ3v) is 5.26. The maximum atomic E-state index is 12.7. The number of carbonyl (C=O) groups is 1. The van der Waals surface area contributed by atoms with E-state index in [0.717, 1.165) is 38.5 Å². The van der Waals surface area contributed by atoms with Crippen molar-refractivity contribution < 1.29 is 14.3 Å². The van der Waals surface area contributed by atoms with E-state index >= 15 is 0 Å². The van der Waals surface area contributed by atoms with Crippen LogP contribution in [0.4, 0.5) is 5.69 Å². The van der Waals surface area contributed by atoms with Crippen LogP contribution in [0.5, 0.6) is 11.5 Å². The van der Waals surface area contributed by atoms with Crippen LogP contribution in [0, 0.1) is 0 Å². The van der Waals surface area contributed by atoms with E-state index in [0.29, 0.717) is 11.4 Å². The molecule has 1 aliphatic rings. The van der Waals surface area contributed by atoms with E-state index < -0.39 is 0 Å². The van der Waals surface area contributed by atoms with Crippen molar-refractivity contribution in [2.75, 3.05) is 45.7 Å². The molecule has 0 aromatic heterocycles. The quantitative estimate of drug-likeness (QED) is 0.797. The van der Waals surface area contributed by atoms with Crippen LogP contribution in [0.2, 0.25) is 0 Å². The Kier molecular flexibility index (Phi) is 6.90. The number of anilines is 1. The molecule has 1 saturated heterocycles. The van der Waals surface area contributed by atoms with Gasteiger partial charge in [0.2, 0.25) is 5.91 Å². The molecule has 0 spiro atoms. The average molecular weight is 383 g/mol. The smallest absolute Gasteiger partial charge is 0.241 e. The summed E-state index contributed by atoms with van der Waals surface area (Å²) in [6.07, 6.45) is 0. The lowest BCUT2D eigenvalue weighted by atomic mass is 10.1. The van der Waals surface area contributed by atoms with Crippen LogP contribution in [0.25, 0.3) is 0 Å². The van der Waals surface area contributed by atoms with Crippen LogP contribution >= 0.6 is 0 Å². The number of ether oxygens (including phenoxy) is 2. The Bertz CT molecular complexity index is 771. The summed E-state index contributed by atoms with van der Waals surface area (Å²) in [5.41, 5.74) is 1.98. The van der Waals surface area contributed by atoms with Crippen LogP contribution in [-0.2, 0) is 11.3 Å². The third-order valence-electron chi connectivity index (χ3n) is 5.26. The van der Waals surface area contributed by atoms with Crippen molar-refractivity contribution in [3.63, 3.8) is 0 Å². The van der Waals surface area contributed by atoms with Crippen LogP contribution < -0.4 is 14.8 Å². The molecular formula is C22H29N3O3. The highest BCUT2D eigenvalue weighted by atomic mass is 16.5. The lowest BCUT2D eigenvalue weighted by molar-refractivity contribution is -0.121. The molecule has 2 aromatic carbocycles. The number of carbonyl (C=O) groups excluding carboxylic acids is 1. The van der Waals surface area contributed by atoms with E-state index in [2.05, 4.69) is 27.2 Å². The lowest BCUT2D eigenvalue weighted by Gasteiger charge is -2.37. The first-order valence-electron chi connectivity index (χ1n) is 9.64. The number of rotatable bonds is 7. The van der Waals surface area contributed by atoms with Gasteiger partial charge in [-0.15, -0.1) is 0 Å². The van der Waals surface area contributed by atoms with Gasteiger partial charge in [0.25, 0.3) is 0 Å². The zero-order valence-electron chi connectivity index (χ0n) is 16.9. The Labute approximate surface area is 167 Å². The van der Waals surface area contributed by atoms with E-state index in [-0.39, 0.29) is 11.9 Å². The maximum absolute atomic E-state index is 12.7. The molecule has 0 radical (unpaired) electrons. The van der Waals surface area contributed by atoms with Crippen LogP contribution in [-0.4, -0.2) is 62.1 Å². The summed E-state index contributed by atoms with van der Waals surface area (Å²) in [6, 6.07) is 15.5. The largest absolute Gasteiger partial charge is 0.497 e. The SMILES string of the molecule is COc1ccc(CN2CCN([C@@H](C)C(=O)Nc3ccccc3OC)CC2)cc1. The van der Waals surface area contributed by atoms with Gasteiger partial charge in [0.05, 0.1) is 25.9 Å². The second kappa shape index (κ2) is 9.57. The number of piperazine rings is 1. The van der Waals surface area contributed by atoms with E-state index in [1.807, 2.05) is 43.3 Å². The molecule has 0 bridgehead atoms. The normalized spacial score (nSPS) is 16.4. The van der Waals surface area contributed by atoms with Gasteiger partial charge in [0.15, 0.2) is 0 Å². The monoisotopic (exact) mass is 383 g/mol. The molecule has 28 heavy (non-hydrogen) atoms. The molecule has 150 valence electrons. The van der Waals surface area contributed by atoms with Gasteiger partial charge < -0.3 is 14.8 Å². The fraction of sp³-hybridized carbons (Fsp3) is 0.409. The Morgan fingerprint density at radius 2 is 1.68 bits per heavy atom. The average Bonchev–Trinajstić information content (AvgIpc) is 2.74. The van der Waals surface area contributed by atoms with Gasteiger partial charge in [-0.25, -0.2) is 0 Å². The molecule has 0 unspecified atom stereocenters. The first-order valence-corrected chi connectivity index (χ1v) is 9.64. The standard InChI is InChI=1S/C22H29N3O3/c1-17(22(26)23-20-6-4-5-7-21(20)28-3)25-14-12-24(13-15-25)16-18-8-10-19(27-2)11-9-18/h4-11,17H,12-16H2,1-3H3,(H,23,26)/t17-/m0/s1. The first-order chi connectivity index (χ1) is 13.6. The summed E-state index contributed by atoms with van der Waals surface area (Å²) in [5.74, 6) is 1.55. The highest BCUT2D eigenvalue weighted by Gasteiger charge is 2.26. The minimum absolute atomic E-state index is 0.00638. The molecule has 2 aromatic rings. The number of nitrogens with one attached hydrogen (secondary N) is 1. The van der Waals surface area contributed by atoms with E-state index in [1.54, 1.807) is 14.2 Å². The molecule has 6 nitrogen and oxygen atoms in total. The van der Waals surface area contributed by atoms with Crippen molar-refractivity contribution >= 4 is 11.6 Å². The molecule has 1 heterocycles. The highest BCUT2D eigenvalue weighted by Crippen LogP contribution is 2.23. The summed E-state index contributed by atoms with van der Waals surface area (Å²) < 4.78 is 10.5. The Hall–Kier alpha value is -2.57. The predicted molar refractivity (Wildman–Crippen MR) is 111 cm³/mol. The zero-order valence-corrected chi connectivity index (χ0v) is 16.9. The van der Waals surface area contributed by atoms with Gasteiger partial charge in [-0.2, -0.15) is 0 Å². The molecule has 6 heteroatoms. The highest BCUT2D eigenvalue weighted by molar-refractivity contribution is 5.95. The minimum Gasteiger partial charge on any atom is -0.497 e. The summed E-state index contributed by atoms with van der Waals surface area (Å²) in [4.78, 5) is 17.3. The summed E-state index contributed by atoms with van der Waals surface area (Å²) in [6.45, 7) is 6.51. The number of hydrogen-bond donors (Lipinski definition) is 1. The molecule has 1 atom stereocenters. The Morgan fingerprint density at radius 3 is 2.32 bits per heavy atom. The fourth-order valence-electron chi connectivity index (χ4n) is 3.45. The van der Waals surface area contributed by atoms with Crippen molar-refractivity contribution in [1.82, 2.24) is 9.80 Å². The van der Waals surface area contributed by atoms with Crippen molar-refractivity contribution in [3.05, 3.63) is 54.1 Å². The molecule has 1 fully saturated rings. The van der Waals surface area contributed by atoms with Crippen LogP contribution in [0.15, 0.2) is 48.5 Å². The van der Waals surface area contributed by atoms with Crippen LogP contribution in [0.3, 0.4) is 0 Å². The second-order valence-electron chi connectivity index (χ2n) is 7.03. The predicted octanol–water partition coefficient (Wildman–Crippen LogP) is 2.85. The van der Waals surface area contributed by atoms with Crippen molar-refractivity contribution in [2.24, 2.45) is 0 Å². The zero-order chi connectivity index (χ0) is 19.9. The number of benzene rings is 2. The molecular weight excluding hydrogens is 354 g/mol. The number of hydrogen-bond acceptors (Lipinski definition) is 5. The third kappa shape index (κ3) is 5.03. The fourth-order valence-corrected chi connectivity index (χ4v) is 3.45. The summed E-state index contributed by atoms with van der Waals surface area (Å²) in [5, 5.41) is 2.99.